The molecule has 0 aliphatic carbocycles. The zero-order valence-electron chi connectivity index (χ0n) is 20.4. The number of hydrogen-bond acceptors (Lipinski definition) is 9. The van der Waals surface area contributed by atoms with E-state index in [-0.39, 0.29) is 30.2 Å². The van der Waals surface area contributed by atoms with Crippen LogP contribution in [0.25, 0.3) is 11.0 Å². The van der Waals surface area contributed by atoms with E-state index in [0.717, 1.165) is 42.8 Å². The van der Waals surface area contributed by atoms with Gasteiger partial charge < -0.3 is 29.4 Å². The van der Waals surface area contributed by atoms with Crippen LogP contribution in [0.4, 0.5) is 5.82 Å². The lowest BCUT2D eigenvalue weighted by Gasteiger charge is -2.38. The van der Waals surface area contributed by atoms with Gasteiger partial charge in [0.15, 0.2) is 18.2 Å². The minimum Gasteiger partial charge on any atom is -0.497 e. The molecule has 0 saturated carbocycles. The van der Waals surface area contributed by atoms with Gasteiger partial charge in [-0.05, 0) is 37.2 Å². The molecule has 190 valence electrons. The van der Waals surface area contributed by atoms with Crippen molar-refractivity contribution in [2.24, 2.45) is 0 Å². The second kappa shape index (κ2) is 10.6. The summed E-state index contributed by atoms with van der Waals surface area (Å²) in [5.74, 6) is 1.53. The van der Waals surface area contributed by atoms with Crippen LogP contribution in [0.15, 0.2) is 41.3 Å². The van der Waals surface area contributed by atoms with E-state index in [2.05, 4.69) is 25.5 Å². The van der Waals surface area contributed by atoms with Crippen molar-refractivity contribution in [3.8, 4) is 11.5 Å². The highest BCUT2D eigenvalue weighted by molar-refractivity contribution is 5.94. The number of fused-ring (bicyclic) bond motifs is 2. The number of nitrogens with zero attached hydrogens (tertiary/aromatic N) is 4. The number of benzene rings is 1. The number of carbonyl (C=O) groups excluding carboxylic acids is 1. The van der Waals surface area contributed by atoms with Crippen molar-refractivity contribution >= 4 is 22.8 Å². The first kappa shape index (κ1) is 24.2. The minimum atomic E-state index is -0.201. The molecule has 0 spiro atoms. The molecule has 2 N–H and O–H groups in total. The van der Waals surface area contributed by atoms with E-state index in [0.29, 0.717) is 30.4 Å². The number of ether oxygens (including phenoxy) is 3. The Balaban J connectivity index is 1.19. The van der Waals surface area contributed by atoms with Crippen molar-refractivity contribution in [1.29, 1.82) is 0 Å². The lowest BCUT2D eigenvalue weighted by molar-refractivity contribution is -0.118. The summed E-state index contributed by atoms with van der Waals surface area (Å²) in [5, 5.41) is 6.30. The summed E-state index contributed by atoms with van der Waals surface area (Å²) >= 11 is 0. The van der Waals surface area contributed by atoms with Gasteiger partial charge in [-0.3, -0.25) is 14.5 Å². The van der Waals surface area contributed by atoms with Crippen LogP contribution in [0, 0.1) is 0 Å². The number of rotatable bonds is 8. The fourth-order valence-electron chi connectivity index (χ4n) is 4.74. The molecule has 3 aromatic rings. The van der Waals surface area contributed by atoms with Gasteiger partial charge in [-0.15, -0.1) is 0 Å². The number of hydrogen-bond donors (Lipinski definition) is 2. The number of carbonyl (C=O) groups is 1. The smallest absolute Gasteiger partial charge is 0.269 e. The normalized spacial score (nSPS) is 20.0. The third-order valence-electron chi connectivity index (χ3n) is 6.72. The predicted octanol–water partition coefficient (Wildman–Crippen LogP) is 1.01. The first-order valence-corrected chi connectivity index (χ1v) is 12.0. The van der Waals surface area contributed by atoms with Gasteiger partial charge >= 0.3 is 0 Å². The number of aromatic nitrogens is 3. The topological polar surface area (TPSA) is 120 Å². The lowest BCUT2D eigenvalue weighted by atomic mass is 10.0. The summed E-state index contributed by atoms with van der Waals surface area (Å²) in [5.41, 5.74) is 2.21. The highest BCUT2D eigenvalue weighted by Gasteiger charge is 2.29. The number of anilines is 1. The van der Waals surface area contributed by atoms with Gasteiger partial charge in [0.2, 0.25) is 0 Å². The van der Waals surface area contributed by atoms with Crippen LogP contribution in [0.1, 0.15) is 12.1 Å². The fourth-order valence-corrected chi connectivity index (χ4v) is 4.74. The Morgan fingerprint density at radius 1 is 1.19 bits per heavy atom. The van der Waals surface area contributed by atoms with E-state index in [1.807, 2.05) is 30.3 Å². The van der Waals surface area contributed by atoms with E-state index in [1.165, 1.54) is 6.20 Å². The number of nitrogens with one attached hydrogen (secondary N) is 2. The van der Waals surface area contributed by atoms with Crippen molar-refractivity contribution in [3.63, 3.8) is 0 Å². The first-order valence-electron chi connectivity index (χ1n) is 12.0. The molecule has 5 rings (SSSR count). The van der Waals surface area contributed by atoms with Gasteiger partial charge in [0.05, 0.1) is 36.1 Å². The third-order valence-corrected chi connectivity index (χ3v) is 6.72. The molecule has 2 aliphatic rings. The van der Waals surface area contributed by atoms with E-state index >= 15 is 0 Å². The Kier molecular flexibility index (Phi) is 7.12. The number of methoxy groups -OCH3 is 2. The highest BCUT2D eigenvalue weighted by Crippen LogP contribution is 2.25. The average Bonchev–Trinajstić information content (AvgIpc) is 2.90. The Morgan fingerprint density at radius 2 is 2.08 bits per heavy atom. The molecule has 11 nitrogen and oxygen atoms in total. The quantitative estimate of drug-likeness (QED) is 0.473. The van der Waals surface area contributed by atoms with Crippen molar-refractivity contribution in [2.45, 2.75) is 31.7 Å². The molecule has 0 radical (unpaired) electrons. The summed E-state index contributed by atoms with van der Waals surface area (Å²) in [6, 6.07) is 9.43. The maximum atomic E-state index is 12.6. The number of piperidine rings is 1. The maximum absolute atomic E-state index is 12.6. The van der Waals surface area contributed by atoms with Gasteiger partial charge in [0.1, 0.15) is 5.75 Å². The molecule has 1 fully saturated rings. The number of pyridine rings is 1. The van der Waals surface area contributed by atoms with Crippen LogP contribution in [-0.4, -0.2) is 77.9 Å². The molecule has 0 unspecified atom stereocenters. The van der Waals surface area contributed by atoms with Gasteiger partial charge in [-0.1, -0.05) is 0 Å². The van der Waals surface area contributed by atoms with Crippen LogP contribution in [-0.2, 0) is 22.6 Å². The van der Waals surface area contributed by atoms with Crippen LogP contribution in [0.3, 0.4) is 0 Å². The summed E-state index contributed by atoms with van der Waals surface area (Å²) < 4.78 is 18.3. The molecule has 1 amide bonds. The van der Waals surface area contributed by atoms with Crippen LogP contribution < -0.4 is 25.7 Å². The Labute approximate surface area is 208 Å². The third kappa shape index (κ3) is 5.18. The highest BCUT2D eigenvalue weighted by atomic mass is 16.5. The van der Waals surface area contributed by atoms with Crippen molar-refractivity contribution < 1.29 is 19.0 Å². The second-order valence-electron chi connectivity index (χ2n) is 8.94. The zero-order chi connectivity index (χ0) is 25.1. The fraction of sp³-hybridized carbons (Fsp3) is 0.440. The van der Waals surface area contributed by atoms with Gasteiger partial charge in [0.25, 0.3) is 11.5 Å². The standard InChI is InChI=1S/C25H30N6O5/c1-34-17-4-5-18-20(11-17)31(24(33)13-27-18)10-9-30-8-7-19(22(14-30)35-2)26-12-16-3-6-21-25(28-16)29-23(32)15-36-21/h3-6,11,13,19,22,26H,7-10,12,14-15H2,1-2H3,(H,28,29,32)/t19-,22+/m0/s1. The minimum absolute atomic E-state index is 0.00888. The SMILES string of the molecule is COc1ccc2ncc(=O)n(CCN3CC[C@H](NCc4ccc5c(n4)NC(=O)CO5)[C@H](OC)C3)c2c1. The van der Waals surface area contributed by atoms with Gasteiger partial charge in [-0.25, -0.2) is 9.97 Å². The number of amides is 1. The zero-order valence-corrected chi connectivity index (χ0v) is 20.4. The van der Waals surface area contributed by atoms with Crippen molar-refractivity contribution in [1.82, 2.24) is 24.8 Å². The maximum Gasteiger partial charge on any atom is 0.269 e. The predicted molar refractivity (Wildman–Crippen MR) is 133 cm³/mol. The molecule has 11 heteroatoms. The molecule has 1 saturated heterocycles. The van der Waals surface area contributed by atoms with Gasteiger partial charge in [-0.2, -0.15) is 0 Å². The van der Waals surface area contributed by atoms with E-state index in [9.17, 15) is 9.59 Å². The molecule has 2 atom stereocenters. The van der Waals surface area contributed by atoms with Crippen LogP contribution in [0.5, 0.6) is 11.5 Å². The van der Waals surface area contributed by atoms with Crippen molar-refractivity contribution in [2.75, 3.05) is 45.8 Å². The number of likely N-dealkylation sites (tertiary alicyclic amines) is 1. The summed E-state index contributed by atoms with van der Waals surface area (Å²) in [6.07, 6.45) is 2.25. The molecule has 2 aromatic heterocycles. The van der Waals surface area contributed by atoms with Crippen LogP contribution >= 0.6 is 0 Å². The first-order chi connectivity index (χ1) is 17.5. The molecular formula is C25H30N6O5. The molecule has 36 heavy (non-hydrogen) atoms. The molecule has 0 bridgehead atoms. The van der Waals surface area contributed by atoms with E-state index in [4.69, 9.17) is 14.2 Å². The van der Waals surface area contributed by atoms with E-state index in [1.54, 1.807) is 18.8 Å². The molecule has 1 aromatic carbocycles. The van der Waals surface area contributed by atoms with Gasteiger partial charge in [0, 0.05) is 45.4 Å². The Morgan fingerprint density at radius 3 is 2.92 bits per heavy atom. The van der Waals surface area contributed by atoms with Crippen LogP contribution in [0.2, 0.25) is 0 Å². The average molecular weight is 495 g/mol. The van der Waals surface area contributed by atoms with E-state index < -0.39 is 0 Å². The summed E-state index contributed by atoms with van der Waals surface area (Å²) in [4.78, 5) is 35.2. The largest absolute Gasteiger partial charge is 0.497 e. The molecule has 4 heterocycles. The second-order valence-corrected chi connectivity index (χ2v) is 8.94. The summed E-state index contributed by atoms with van der Waals surface area (Å²) in [7, 11) is 3.33. The summed E-state index contributed by atoms with van der Waals surface area (Å²) in [6.45, 7) is 3.45. The van der Waals surface area contributed by atoms with Crippen molar-refractivity contribution in [3.05, 3.63) is 52.6 Å². The lowest BCUT2D eigenvalue weighted by Crippen LogP contribution is -2.53. The molecule has 2 aliphatic heterocycles. The Bertz CT molecular complexity index is 1310. The Hall–Kier alpha value is -3.54. The molecular weight excluding hydrogens is 464 g/mol. The monoisotopic (exact) mass is 494 g/mol.